The monoisotopic (exact) mass is 327 g/mol. The van der Waals surface area contributed by atoms with Crippen molar-refractivity contribution < 1.29 is 13.9 Å². The summed E-state index contributed by atoms with van der Waals surface area (Å²) in [5.41, 5.74) is 0.656. The Labute approximate surface area is 118 Å². The summed E-state index contributed by atoms with van der Waals surface area (Å²) in [6.45, 7) is 1.79. The topological polar surface area (TPSA) is 32.3 Å². The van der Waals surface area contributed by atoms with Gasteiger partial charge >= 0.3 is 0 Å². The quantitative estimate of drug-likeness (QED) is 0.863. The van der Waals surface area contributed by atoms with Gasteiger partial charge in [-0.05, 0) is 36.8 Å². The van der Waals surface area contributed by atoms with Crippen molar-refractivity contribution in [2.24, 2.45) is 0 Å². The fraction of sp³-hybridized carbons (Fsp3) is 0.143. The summed E-state index contributed by atoms with van der Waals surface area (Å²) in [5, 5.41) is 12.0. The van der Waals surface area contributed by atoms with E-state index in [2.05, 4.69) is 21.2 Å². The highest BCUT2D eigenvalue weighted by molar-refractivity contribution is 9.10. The fourth-order valence-electron chi connectivity index (χ4n) is 1.74. The number of rotatable bonds is 3. The van der Waals surface area contributed by atoms with E-state index in [1.54, 1.807) is 19.1 Å². The standard InChI is InChI=1S/C14H12BrF2NO/c1-8(9-2-4-11(19)5-3-9)18-14-12(16)6-10(15)7-13(14)17/h2-8,18-19H,1H3. The van der Waals surface area contributed by atoms with Crippen LogP contribution in [0.15, 0.2) is 40.9 Å². The molecule has 0 saturated heterocycles. The normalized spacial score (nSPS) is 12.2. The van der Waals surface area contributed by atoms with Gasteiger partial charge in [-0.25, -0.2) is 8.78 Å². The number of halogens is 3. The molecule has 0 fully saturated rings. The van der Waals surface area contributed by atoms with Gasteiger partial charge in [0.05, 0.1) is 0 Å². The van der Waals surface area contributed by atoms with E-state index in [1.165, 1.54) is 24.3 Å². The van der Waals surface area contributed by atoms with Crippen LogP contribution in [0.25, 0.3) is 0 Å². The van der Waals surface area contributed by atoms with E-state index in [0.717, 1.165) is 5.56 Å². The van der Waals surface area contributed by atoms with Gasteiger partial charge < -0.3 is 10.4 Å². The summed E-state index contributed by atoms with van der Waals surface area (Å²) in [6.07, 6.45) is 0. The van der Waals surface area contributed by atoms with Gasteiger partial charge in [0.2, 0.25) is 0 Å². The minimum Gasteiger partial charge on any atom is -0.508 e. The number of phenolic OH excluding ortho intramolecular Hbond substituents is 1. The summed E-state index contributed by atoms with van der Waals surface area (Å²) in [4.78, 5) is 0. The first-order chi connectivity index (χ1) is 8.97. The van der Waals surface area contributed by atoms with Crippen LogP contribution in [0.1, 0.15) is 18.5 Å². The molecule has 1 atom stereocenters. The van der Waals surface area contributed by atoms with Gasteiger partial charge in [0, 0.05) is 10.5 Å². The van der Waals surface area contributed by atoms with Gasteiger partial charge in [-0.15, -0.1) is 0 Å². The van der Waals surface area contributed by atoms with Crippen molar-refractivity contribution in [1.29, 1.82) is 0 Å². The summed E-state index contributed by atoms with van der Waals surface area (Å²) in [7, 11) is 0. The summed E-state index contributed by atoms with van der Waals surface area (Å²) >= 11 is 3.03. The third kappa shape index (κ3) is 3.23. The van der Waals surface area contributed by atoms with Gasteiger partial charge in [-0.2, -0.15) is 0 Å². The number of phenols is 1. The summed E-state index contributed by atoms with van der Waals surface area (Å²) in [5.74, 6) is -1.16. The van der Waals surface area contributed by atoms with Crippen molar-refractivity contribution in [3.8, 4) is 5.75 Å². The highest BCUT2D eigenvalue weighted by atomic mass is 79.9. The first-order valence-corrected chi connectivity index (χ1v) is 6.46. The van der Waals surface area contributed by atoms with Crippen LogP contribution >= 0.6 is 15.9 Å². The molecule has 0 saturated carbocycles. The third-order valence-electron chi connectivity index (χ3n) is 2.76. The number of anilines is 1. The molecule has 0 aliphatic heterocycles. The second kappa shape index (κ2) is 5.57. The average Bonchev–Trinajstić information content (AvgIpc) is 2.34. The minimum absolute atomic E-state index is 0.150. The molecule has 5 heteroatoms. The maximum atomic E-state index is 13.7. The van der Waals surface area contributed by atoms with Crippen LogP contribution < -0.4 is 5.32 Å². The lowest BCUT2D eigenvalue weighted by Gasteiger charge is -2.17. The molecule has 2 rings (SSSR count). The number of hydrogen-bond donors (Lipinski definition) is 2. The molecule has 0 amide bonds. The number of aromatic hydroxyl groups is 1. The van der Waals surface area contributed by atoms with Gasteiger partial charge in [-0.3, -0.25) is 0 Å². The molecule has 1 unspecified atom stereocenters. The van der Waals surface area contributed by atoms with E-state index in [-0.39, 0.29) is 17.5 Å². The number of nitrogens with one attached hydrogen (secondary N) is 1. The van der Waals surface area contributed by atoms with Crippen LogP contribution in [0.4, 0.5) is 14.5 Å². The molecule has 0 spiro atoms. The highest BCUT2D eigenvalue weighted by Crippen LogP contribution is 2.28. The van der Waals surface area contributed by atoms with Crippen molar-refractivity contribution in [3.05, 3.63) is 58.1 Å². The van der Waals surface area contributed by atoms with Crippen molar-refractivity contribution >= 4 is 21.6 Å². The Balaban J connectivity index is 2.24. The molecule has 100 valence electrons. The predicted octanol–water partition coefficient (Wildman–Crippen LogP) is 4.61. The number of hydrogen-bond acceptors (Lipinski definition) is 2. The zero-order valence-corrected chi connectivity index (χ0v) is 11.7. The lowest BCUT2D eigenvalue weighted by Crippen LogP contribution is -2.09. The molecular formula is C14H12BrF2NO. The molecule has 2 N–H and O–H groups in total. The first-order valence-electron chi connectivity index (χ1n) is 5.67. The highest BCUT2D eigenvalue weighted by Gasteiger charge is 2.14. The molecule has 2 aromatic carbocycles. The first kappa shape index (κ1) is 13.8. The molecule has 2 nitrogen and oxygen atoms in total. The fourth-order valence-corrected chi connectivity index (χ4v) is 2.14. The van der Waals surface area contributed by atoms with Crippen LogP contribution in [0.3, 0.4) is 0 Å². The average molecular weight is 328 g/mol. The van der Waals surface area contributed by atoms with Gasteiger partial charge in [-0.1, -0.05) is 28.1 Å². The van der Waals surface area contributed by atoms with Crippen molar-refractivity contribution in [3.63, 3.8) is 0 Å². The van der Waals surface area contributed by atoms with Crippen LogP contribution in [-0.2, 0) is 0 Å². The zero-order valence-electron chi connectivity index (χ0n) is 10.1. The van der Waals surface area contributed by atoms with Crippen molar-refractivity contribution in [2.45, 2.75) is 13.0 Å². The Hall–Kier alpha value is -1.62. The van der Waals surface area contributed by atoms with E-state index >= 15 is 0 Å². The van der Waals surface area contributed by atoms with Crippen molar-refractivity contribution in [2.75, 3.05) is 5.32 Å². The van der Waals surface area contributed by atoms with Gasteiger partial charge in [0.1, 0.15) is 23.1 Å². The lowest BCUT2D eigenvalue weighted by atomic mass is 10.1. The third-order valence-corrected chi connectivity index (χ3v) is 3.22. The second-order valence-electron chi connectivity index (χ2n) is 4.20. The number of benzene rings is 2. The largest absolute Gasteiger partial charge is 0.508 e. The maximum Gasteiger partial charge on any atom is 0.150 e. The molecule has 19 heavy (non-hydrogen) atoms. The Kier molecular flexibility index (Phi) is 4.04. The van der Waals surface area contributed by atoms with Crippen LogP contribution in [-0.4, -0.2) is 5.11 Å². The van der Waals surface area contributed by atoms with Crippen LogP contribution in [0, 0.1) is 11.6 Å². The summed E-state index contributed by atoms with van der Waals surface area (Å²) in [6, 6.07) is 8.57. The Bertz CT molecular complexity index is 563. The Morgan fingerprint density at radius 2 is 1.63 bits per heavy atom. The molecule has 0 aliphatic carbocycles. The van der Waals surface area contributed by atoms with Crippen molar-refractivity contribution in [1.82, 2.24) is 0 Å². The smallest absolute Gasteiger partial charge is 0.150 e. The van der Waals surface area contributed by atoms with E-state index in [4.69, 9.17) is 0 Å². The SMILES string of the molecule is CC(Nc1c(F)cc(Br)cc1F)c1ccc(O)cc1. The van der Waals surface area contributed by atoms with Crippen LogP contribution in [0.2, 0.25) is 0 Å². The van der Waals surface area contributed by atoms with E-state index in [9.17, 15) is 13.9 Å². The van der Waals surface area contributed by atoms with E-state index in [1.807, 2.05) is 0 Å². The molecule has 0 heterocycles. The molecule has 0 aromatic heterocycles. The molecule has 0 radical (unpaired) electrons. The van der Waals surface area contributed by atoms with Crippen LogP contribution in [0.5, 0.6) is 5.75 Å². The molecule has 0 aliphatic rings. The zero-order chi connectivity index (χ0) is 14.0. The molecule has 0 bridgehead atoms. The summed E-state index contributed by atoms with van der Waals surface area (Å²) < 4.78 is 27.7. The van der Waals surface area contributed by atoms with E-state index in [0.29, 0.717) is 4.47 Å². The van der Waals surface area contributed by atoms with E-state index < -0.39 is 11.6 Å². The second-order valence-corrected chi connectivity index (χ2v) is 5.12. The molecular weight excluding hydrogens is 316 g/mol. The Morgan fingerprint density at radius 1 is 1.11 bits per heavy atom. The molecule has 2 aromatic rings. The lowest BCUT2D eigenvalue weighted by molar-refractivity contribution is 0.475. The predicted molar refractivity (Wildman–Crippen MR) is 74.2 cm³/mol. The maximum absolute atomic E-state index is 13.7. The van der Waals surface area contributed by atoms with Gasteiger partial charge in [0.25, 0.3) is 0 Å². The van der Waals surface area contributed by atoms with Gasteiger partial charge in [0.15, 0.2) is 0 Å². The Morgan fingerprint density at radius 3 is 2.16 bits per heavy atom. The minimum atomic E-state index is -0.655.